The van der Waals surface area contributed by atoms with Crippen LogP contribution in [-0.4, -0.2) is 43.8 Å². The molecule has 18 heavy (non-hydrogen) atoms. The molecule has 1 aliphatic heterocycles. The minimum Gasteiger partial charge on any atom is -0.316 e. The van der Waals surface area contributed by atoms with Crippen molar-refractivity contribution in [2.24, 2.45) is 11.8 Å². The zero-order chi connectivity index (χ0) is 13.1. The molecule has 1 saturated heterocycles. The molecule has 2 rings (SSSR count). The van der Waals surface area contributed by atoms with Crippen molar-refractivity contribution >= 4 is 6.03 Å². The highest BCUT2D eigenvalue weighted by atomic mass is 16.2. The van der Waals surface area contributed by atoms with E-state index in [9.17, 15) is 4.79 Å². The Hall–Kier alpha value is -1.63. The number of rotatable bonds is 4. The van der Waals surface area contributed by atoms with Gasteiger partial charge in [0, 0.05) is 19.6 Å². The molecule has 7 nitrogen and oxygen atoms in total. The second-order valence-corrected chi connectivity index (χ2v) is 5.00. The smallest absolute Gasteiger partial charge is 0.316 e. The molecule has 0 atom stereocenters. The summed E-state index contributed by atoms with van der Waals surface area (Å²) in [6.07, 6.45) is 2.42. The van der Waals surface area contributed by atoms with E-state index < -0.39 is 0 Å². The van der Waals surface area contributed by atoms with Gasteiger partial charge in [-0.2, -0.15) is 5.10 Å². The first-order chi connectivity index (χ1) is 8.58. The number of aromatic nitrogens is 3. The second-order valence-electron chi connectivity index (χ2n) is 5.00. The molecule has 0 unspecified atom stereocenters. The topological polar surface area (TPSA) is 80.3 Å². The largest absolute Gasteiger partial charge is 0.334 e. The van der Waals surface area contributed by atoms with E-state index in [1.807, 2.05) is 4.68 Å². The number of amides is 2. The molecule has 1 aliphatic rings. The summed E-state index contributed by atoms with van der Waals surface area (Å²) < 4.78 is 1.85. The number of carbonyl (C=O) groups is 1. The van der Waals surface area contributed by atoms with Crippen molar-refractivity contribution in [3.63, 3.8) is 0 Å². The van der Waals surface area contributed by atoms with Crippen LogP contribution in [0.3, 0.4) is 0 Å². The summed E-state index contributed by atoms with van der Waals surface area (Å²) in [5.41, 5.74) is 0. The lowest BCUT2D eigenvalue weighted by atomic mass is 10.2. The fraction of sp³-hybridized carbons (Fsp3) is 0.727. The van der Waals surface area contributed by atoms with Crippen molar-refractivity contribution in [2.75, 3.05) is 13.1 Å². The van der Waals surface area contributed by atoms with E-state index in [-0.39, 0.29) is 6.03 Å². The predicted octanol–water partition coefficient (Wildman–Crippen LogP) is 0.436. The van der Waals surface area contributed by atoms with E-state index in [1.165, 1.54) is 11.3 Å². The van der Waals surface area contributed by atoms with Gasteiger partial charge < -0.3 is 4.90 Å². The fourth-order valence-electron chi connectivity index (χ4n) is 2.03. The Morgan fingerprint density at radius 3 is 2.94 bits per heavy atom. The van der Waals surface area contributed by atoms with Crippen molar-refractivity contribution in [3.8, 4) is 0 Å². The third-order valence-electron chi connectivity index (χ3n) is 2.91. The Kier molecular flexibility index (Phi) is 3.81. The van der Waals surface area contributed by atoms with Crippen LogP contribution in [0.15, 0.2) is 6.33 Å². The Balaban J connectivity index is 2.04. The molecule has 1 fully saturated rings. The average Bonchev–Trinajstić information content (AvgIpc) is 2.72. The maximum Gasteiger partial charge on any atom is 0.334 e. The van der Waals surface area contributed by atoms with E-state index in [0.29, 0.717) is 19.0 Å². The van der Waals surface area contributed by atoms with Gasteiger partial charge in [-0.1, -0.05) is 13.8 Å². The third-order valence-corrected chi connectivity index (χ3v) is 2.91. The van der Waals surface area contributed by atoms with Gasteiger partial charge in [0.15, 0.2) is 0 Å². The molecular weight excluding hydrogens is 232 g/mol. The van der Waals surface area contributed by atoms with Crippen LogP contribution < -0.4 is 5.84 Å². The van der Waals surface area contributed by atoms with Gasteiger partial charge in [0.25, 0.3) is 0 Å². The molecule has 0 spiro atoms. The van der Waals surface area contributed by atoms with E-state index in [1.54, 1.807) is 4.90 Å². The van der Waals surface area contributed by atoms with Gasteiger partial charge in [-0.05, 0) is 12.3 Å². The highest BCUT2D eigenvalue weighted by molar-refractivity contribution is 5.74. The molecular formula is C11H20N6O. The van der Waals surface area contributed by atoms with Crippen LogP contribution >= 0.6 is 0 Å². The maximum absolute atomic E-state index is 11.9. The van der Waals surface area contributed by atoms with Crippen molar-refractivity contribution in [2.45, 2.75) is 33.4 Å². The van der Waals surface area contributed by atoms with Crippen LogP contribution in [0.25, 0.3) is 0 Å². The second kappa shape index (κ2) is 5.34. The minimum absolute atomic E-state index is 0.139. The summed E-state index contributed by atoms with van der Waals surface area (Å²) >= 11 is 0. The molecule has 2 amide bonds. The standard InChI is InChI=1S/C11H20N6O/c1-9(2)6-17-10(13-8-14-17)7-15-4-3-5-16(12)11(15)18/h8-9H,3-7,12H2,1-2H3. The van der Waals surface area contributed by atoms with Crippen LogP contribution in [0.1, 0.15) is 26.1 Å². The fourth-order valence-corrected chi connectivity index (χ4v) is 2.03. The summed E-state index contributed by atoms with van der Waals surface area (Å²) in [4.78, 5) is 17.8. The summed E-state index contributed by atoms with van der Waals surface area (Å²) in [6.45, 7) is 6.87. The number of hydrogen-bond donors (Lipinski definition) is 1. The lowest BCUT2D eigenvalue weighted by Gasteiger charge is -2.32. The third kappa shape index (κ3) is 2.79. The SMILES string of the molecule is CC(C)Cn1ncnc1CN1CCCN(N)C1=O. The van der Waals surface area contributed by atoms with Crippen LogP contribution in [0, 0.1) is 5.92 Å². The van der Waals surface area contributed by atoms with Gasteiger partial charge >= 0.3 is 6.03 Å². The molecule has 2 N–H and O–H groups in total. The molecule has 1 aromatic rings. The summed E-state index contributed by atoms with van der Waals surface area (Å²) in [6, 6.07) is -0.139. The highest BCUT2D eigenvalue weighted by Crippen LogP contribution is 2.10. The first-order valence-corrected chi connectivity index (χ1v) is 6.25. The Labute approximate surface area is 107 Å². The van der Waals surface area contributed by atoms with Crippen molar-refractivity contribution in [1.29, 1.82) is 0 Å². The lowest BCUT2D eigenvalue weighted by Crippen LogP contribution is -2.52. The summed E-state index contributed by atoms with van der Waals surface area (Å²) in [5, 5.41) is 5.45. The molecule has 0 bridgehead atoms. The number of carbonyl (C=O) groups excluding carboxylic acids is 1. The number of urea groups is 1. The van der Waals surface area contributed by atoms with Gasteiger partial charge in [-0.15, -0.1) is 0 Å². The number of hydrogen-bond acceptors (Lipinski definition) is 4. The van der Waals surface area contributed by atoms with Gasteiger partial charge in [-0.25, -0.2) is 20.3 Å². The lowest BCUT2D eigenvalue weighted by molar-refractivity contribution is 0.125. The van der Waals surface area contributed by atoms with E-state index >= 15 is 0 Å². The van der Waals surface area contributed by atoms with Gasteiger partial charge in [0.2, 0.25) is 0 Å². The Morgan fingerprint density at radius 1 is 1.44 bits per heavy atom. The first-order valence-electron chi connectivity index (χ1n) is 6.25. The first kappa shape index (κ1) is 12.8. The minimum atomic E-state index is -0.139. The number of nitrogens with two attached hydrogens (primary N) is 1. The van der Waals surface area contributed by atoms with Crippen LogP contribution in [0.4, 0.5) is 4.79 Å². The molecule has 0 saturated carbocycles. The quantitative estimate of drug-likeness (QED) is 0.622. The van der Waals surface area contributed by atoms with Crippen molar-refractivity contribution in [3.05, 3.63) is 12.2 Å². The van der Waals surface area contributed by atoms with Crippen molar-refractivity contribution in [1.82, 2.24) is 24.7 Å². The zero-order valence-corrected chi connectivity index (χ0v) is 10.9. The highest BCUT2D eigenvalue weighted by Gasteiger charge is 2.24. The molecule has 0 aliphatic carbocycles. The van der Waals surface area contributed by atoms with Crippen LogP contribution in [0.2, 0.25) is 0 Å². The number of nitrogens with zero attached hydrogens (tertiary/aromatic N) is 5. The molecule has 100 valence electrons. The van der Waals surface area contributed by atoms with Crippen molar-refractivity contribution < 1.29 is 4.79 Å². The molecule has 2 heterocycles. The van der Waals surface area contributed by atoms with E-state index in [0.717, 1.165) is 25.3 Å². The molecule has 0 radical (unpaired) electrons. The Bertz CT molecular complexity index is 415. The van der Waals surface area contributed by atoms with Crippen LogP contribution in [0.5, 0.6) is 0 Å². The normalized spacial score (nSPS) is 16.8. The average molecular weight is 252 g/mol. The summed E-state index contributed by atoms with van der Waals surface area (Å²) in [7, 11) is 0. The van der Waals surface area contributed by atoms with Gasteiger partial charge in [0.1, 0.15) is 12.2 Å². The predicted molar refractivity (Wildman–Crippen MR) is 66.2 cm³/mol. The maximum atomic E-state index is 11.9. The molecule has 7 heteroatoms. The van der Waals surface area contributed by atoms with Gasteiger partial charge in [0.05, 0.1) is 6.54 Å². The Morgan fingerprint density at radius 2 is 2.22 bits per heavy atom. The van der Waals surface area contributed by atoms with Crippen LogP contribution in [-0.2, 0) is 13.1 Å². The summed E-state index contributed by atoms with van der Waals surface area (Å²) in [5.74, 6) is 6.92. The van der Waals surface area contributed by atoms with E-state index in [4.69, 9.17) is 5.84 Å². The van der Waals surface area contributed by atoms with Gasteiger partial charge in [-0.3, -0.25) is 5.01 Å². The number of hydrazine groups is 1. The van der Waals surface area contributed by atoms with E-state index in [2.05, 4.69) is 23.9 Å². The molecule has 0 aromatic carbocycles. The zero-order valence-electron chi connectivity index (χ0n) is 10.9. The molecule has 1 aromatic heterocycles. The monoisotopic (exact) mass is 252 g/mol.